The molecule has 0 aromatic rings. The van der Waals surface area contributed by atoms with Crippen LogP contribution in [0.2, 0.25) is 0 Å². The van der Waals surface area contributed by atoms with Crippen molar-refractivity contribution in [3.8, 4) is 0 Å². The molecule has 1 unspecified atom stereocenters. The van der Waals surface area contributed by atoms with Gasteiger partial charge >= 0.3 is 0 Å². The predicted molar refractivity (Wildman–Crippen MR) is 55.5 cm³/mol. The number of hydrogen-bond donors (Lipinski definition) is 2. The van der Waals surface area contributed by atoms with Crippen molar-refractivity contribution in [2.24, 2.45) is 5.92 Å². The first-order chi connectivity index (χ1) is 5.66. The highest BCUT2D eigenvalue weighted by atomic mass is 15.0. The second-order valence-electron chi connectivity index (χ2n) is 3.91. The fourth-order valence-electron chi connectivity index (χ4n) is 1.00. The Morgan fingerprint density at radius 2 is 1.75 bits per heavy atom. The third-order valence-corrected chi connectivity index (χ3v) is 1.75. The molecular formula is C10H24N2. The Bertz CT molecular complexity index is 91.8. The van der Waals surface area contributed by atoms with Gasteiger partial charge in [-0.15, -0.1) is 0 Å². The van der Waals surface area contributed by atoms with Crippen molar-refractivity contribution >= 4 is 0 Å². The normalized spacial score (nSPS) is 13.8. The van der Waals surface area contributed by atoms with Crippen LogP contribution < -0.4 is 10.6 Å². The first-order valence-corrected chi connectivity index (χ1v) is 5.10. The van der Waals surface area contributed by atoms with Gasteiger partial charge in [-0.25, -0.2) is 0 Å². The lowest BCUT2D eigenvalue weighted by atomic mass is 10.2. The Morgan fingerprint density at radius 3 is 2.25 bits per heavy atom. The van der Waals surface area contributed by atoms with Gasteiger partial charge in [0.05, 0.1) is 0 Å². The Labute approximate surface area is 77.1 Å². The summed E-state index contributed by atoms with van der Waals surface area (Å²) in [7, 11) is 0. The second kappa shape index (κ2) is 7.56. The van der Waals surface area contributed by atoms with Gasteiger partial charge in [-0.05, 0) is 32.4 Å². The molecule has 0 fully saturated rings. The Kier molecular flexibility index (Phi) is 7.51. The minimum absolute atomic E-state index is 0.596. The molecule has 1 atom stereocenters. The van der Waals surface area contributed by atoms with Crippen LogP contribution in [0, 0.1) is 5.92 Å². The first kappa shape index (κ1) is 11.9. The SMILES string of the molecule is CCCNCC(C)NCC(C)C. The molecule has 0 spiro atoms. The summed E-state index contributed by atoms with van der Waals surface area (Å²) in [6, 6.07) is 0.596. The average molecular weight is 172 g/mol. The lowest BCUT2D eigenvalue weighted by Gasteiger charge is -2.15. The van der Waals surface area contributed by atoms with Crippen LogP contribution in [0.3, 0.4) is 0 Å². The standard InChI is InChI=1S/C10H24N2/c1-5-6-11-8-10(4)12-7-9(2)3/h9-12H,5-8H2,1-4H3. The minimum Gasteiger partial charge on any atom is -0.315 e. The van der Waals surface area contributed by atoms with Gasteiger partial charge in [0.2, 0.25) is 0 Å². The van der Waals surface area contributed by atoms with E-state index in [9.17, 15) is 0 Å². The summed E-state index contributed by atoms with van der Waals surface area (Å²) < 4.78 is 0. The van der Waals surface area contributed by atoms with Crippen LogP contribution in [0.4, 0.5) is 0 Å². The van der Waals surface area contributed by atoms with Crippen molar-refractivity contribution in [1.82, 2.24) is 10.6 Å². The number of rotatable bonds is 7. The average Bonchev–Trinajstić information content (AvgIpc) is 2.01. The van der Waals surface area contributed by atoms with Crippen molar-refractivity contribution in [3.05, 3.63) is 0 Å². The summed E-state index contributed by atoms with van der Waals surface area (Å²) in [6.07, 6.45) is 1.22. The summed E-state index contributed by atoms with van der Waals surface area (Å²) in [5.74, 6) is 0.749. The quantitative estimate of drug-likeness (QED) is 0.570. The lowest BCUT2D eigenvalue weighted by Crippen LogP contribution is -2.38. The van der Waals surface area contributed by atoms with Crippen LogP contribution in [-0.4, -0.2) is 25.7 Å². The van der Waals surface area contributed by atoms with Crippen LogP contribution in [0.5, 0.6) is 0 Å². The summed E-state index contributed by atoms with van der Waals surface area (Å²) in [5.41, 5.74) is 0. The Morgan fingerprint density at radius 1 is 1.08 bits per heavy atom. The zero-order valence-corrected chi connectivity index (χ0v) is 8.98. The molecule has 2 N–H and O–H groups in total. The van der Waals surface area contributed by atoms with Gasteiger partial charge in [0.1, 0.15) is 0 Å². The molecule has 0 aromatic heterocycles. The monoisotopic (exact) mass is 172 g/mol. The van der Waals surface area contributed by atoms with E-state index < -0.39 is 0 Å². The highest BCUT2D eigenvalue weighted by Gasteiger charge is 2.00. The lowest BCUT2D eigenvalue weighted by molar-refractivity contribution is 0.460. The molecule has 0 saturated carbocycles. The van der Waals surface area contributed by atoms with Gasteiger partial charge in [-0.2, -0.15) is 0 Å². The Balaban J connectivity index is 3.15. The highest BCUT2D eigenvalue weighted by Crippen LogP contribution is 1.89. The Hall–Kier alpha value is -0.0800. The van der Waals surface area contributed by atoms with Gasteiger partial charge in [0.15, 0.2) is 0 Å². The van der Waals surface area contributed by atoms with E-state index in [0.29, 0.717) is 6.04 Å². The van der Waals surface area contributed by atoms with Gasteiger partial charge in [-0.1, -0.05) is 20.8 Å². The van der Waals surface area contributed by atoms with Gasteiger partial charge < -0.3 is 10.6 Å². The summed E-state index contributed by atoms with van der Waals surface area (Å²) in [6.45, 7) is 12.2. The maximum Gasteiger partial charge on any atom is 0.0164 e. The second-order valence-corrected chi connectivity index (χ2v) is 3.91. The van der Waals surface area contributed by atoms with Crippen LogP contribution in [-0.2, 0) is 0 Å². The summed E-state index contributed by atoms with van der Waals surface area (Å²) in [5, 5.41) is 6.87. The van der Waals surface area contributed by atoms with Crippen LogP contribution in [0.25, 0.3) is 0 Å². The predicted octanol–water partition coefficient (Wildman–Crippen LogP) is 1.62. The molecule has 0 aliphatic rings. The molecule has 0 aliphatic carbocycles. The largest absolute Gasteiger partial charge is 0.315 e. The maximum absolute atomic E-state index is 3.48. The van der Waals surface area contributed by atoms with Crippen LogP contribution >= 0.6 is 0 Å². The molecule has 0 aliphatic heterocycles. The number of nitrogens with one attached hydrogen (secondary N) is 2. The molecule has 0 amide bonds. The van der Waals surface area contributed by atoms with Crippen LogP contribution in [0.1, 0.15) is 34.1 Å². The maximum atomic E-state index is 3.48. The first-order valence-electron chi connectivity index (χ1n) is 5.10. The zero-order valence-electron chi connectivity index (χ0n) is 8.98. The van der Waals surface area contributed by atoms with E-state index in [-0.39, 0.29) is 0 Å². The van der Waals surface area contributed by atoms with Gasteiger partial charge in [0, 0.05) is 12.6 Å². The molecule has 0 radical (unpaired) electrons. The zero-order chi connectivity index (χ0) is 9.40. The highest BCUT2D eigenvalue weighted by molar-refractivity contribution is 4.64. The summed E-state index contributed by atoms with van der Waals surface area (Å²) in [4.78, 5) is 0. The molecule has 0 rings (SSSR count). The van der Waals surface area contributed by atoms with Crippen molar-refractivity contribution in [1.29, 1.82) is 0 Å². The van der Waals surface area contributed by atoms with Gasteiger partial charge in [0.25, 0.3) is 0 Å². The third kappa shape index (κ3) is 8.02. The molecular weight excluding hydrogens is 148 g/mol. The molecule has 0 saturated heterocycles. The fraction of sp³-hybridized carbons (Fsp3) is 1.00. The number of hydrogen-bond acceptors (Lipinski definition) is 2. The van der Waals surface area contributed by atoms with E-state index in [0.717, 1.165) is 25.6 Å². The molecule has 0 heterocycles. The third-order valence-electron chi connectivity index (χ3n) is 1.75. The molecule has 0 aromatic carbocycles. The molecule has 12 heavy (non-hydrogen) atoms. The smallest absolute Gasteiger partial charge is 0.0164 e. The van der Waals surface area contributed by atoms with Crippen molar-refractivity contribution in [3.63, 3.8) is 0 Å². The van der Waals surface area contributed by atoms with E-state index in [1.165, 1.54) is 6.42 Å². The van der Waals surface area contributed by atoms with E-state index in [1.807, 2.05) is 0 Å². The van der Waals surface area contributed by atoms with Crippen LogP contribution in [0.15, 0.2) is 0 Å². The van der Waals surface area contributed by atoms with Crippen molar-refractivity contribution in [2.75, 3.05) is 19.6 Å². The molecule has 2 nitrogen and oxygen atoms in total. The van der Waals surface area contributed by atoms with Crippen molar-refractivity contribution in [2.45, 2.75) is 40.2 Å². The topological polar surface area (TPSA) is 24.1 Å². The van der Waals surface area contributed by atoms with E-state index in [1.54, 1.807) is 0 Å². The molecule has 2 heteroatoms. The van der Waals surface area contributed by atoms with E-state index in [4.69, 9.17) is 0 Å². The van der Waals surface area contributed by atoms with E-state index in [2.05, 4.69) is 38.3 Å². The fourth-order valence-corrected chi connectivity index (χ4v) is 1.00. The molecule has 0 bridgehead atoms. The van der Waals surface area contributed by atoms with E-state index >= 15 is 0 Å². The molecule has 74 valence electrons. The summed E-state index contributed by atoms with van der Waals surface area (Å²) >= 11 is 0. The minimum atomic E-state index is 0.596. The van der Waals surface area contributed by atoms with Crippen molar-refractivity contribution < 1.29 is 0 Å². The van der Waals surface area contributed by atoms with Gasteiger partial charge in [-0.3, -0.25) is 0 Å².